The Hall–Kier alpha value is -4.78. The maximum atomic E-state index is 10.9. The standard InChI is InChI=1S/C18H20O3.C15H14O4/c1-13(19)21-17-11-7-15(8-12-17)18(2,3)14-5-9-16(20-4)10-6-14;1-11(16)18-13-7-9-15(10-8-13)19-14-5-3-12(17-2)4-6-14/h5-12H,1-4H3;3-10H,1-2H3. The van der Waals surface area contributed by atoms with E-state index in [1.807, 2.05) is 60.7 Å². The van der Waals surface area contributed by atoms with Gasteiger partial charge in [-0.05, 0) is 83.9 Å². The Morgan fingerprint density at radius 1 is 0.475 bits per heavy atom. The number of carbonyl (C=O) groups excluding carboxylic acids is 2. The van der Waals surface area contributed by atoms with Crippen LogP contribution in [0.3, 0.4) is 0 Å². The molecule has 0 saturated heterocycles. The summed E-state index contributed by atoms with van der Waals surface area (Å²) < 4.78 is 25.9. The van der Waals surface area contributed by atoms with E-state index in [1.54, 1.807) is 38.5 Å². The van der Waals surface area contributed by atoms with Gasteiger partial charge in [-0.1, -0.05) is 38.1 Å². The third-order valence-corrected chi connectivity index (χ3v) is 6.03. The van der Waals surface area contributed by atoms with Gasteiger partial charge >= 0.3 is 11.9 Å². The highest BCUT2D eigenvalue weighted by atomic mass is 16.5. The molecule has 0 bridgehead atoms. The molecule has 0 heterocycles. The lowest BCUT2D eigenvalue weighted by Crippen LogP contribution is -2.18. The third kappa shape index (κ3) is 8.63. The van der Waals surface area contributed by atoms with Crippen molar-refractivity contribution in [2.45, 2.75) is 33.1 Å². The molecule has 0 aliphatic carbocycles. The van der Waals surface area contributed by atoms with Gasteiger partial charge in [0.1, 0.15) is 34.5 Å². The maximum absolute atomic E-state index is 10.9. The van der Waals surface area contributed by atoms with Crippen LogP contribution in [0.4, 0.5) is 0 Å². The van der Waals surface area contributed by atoms with Crippen LogP contribution >= 0.6 is 0 Å². The average Bonchev–Trinajstić information content (AvgIpc) is 2.94. The summed E-state index contributed by atoms with van der Waals surface area (Å²) in [6, 6.07) is 29.8. The summed E-state index contributed by atoms with van der Waals surface area (Å²) >= 11 is 0. The molecule has 208 valence electrons. The number of esters is 2. The van der Waals surface area contributed by atoms with E-state index in [9.17, 15) is 9.59 Å². The third-order valence-electron chi connectivity index (χ3n) is 6.03. The van der Waals surface area contributed by atoms with Crippen molar-refractivity contribution in [2.75, 3.05) is 14.2 Å². The number of benzene rings is 4. The van der Waals surface area contributed by atoms with Gasteiger partial charge in [-0.25, -0.2) is 0 Å². The van der Waals surface area contributed by atoms with Crippen molar-refractivity contribution in [2.24, 2.45) is 0 Å². The molecule has 0 amide bonds. The maximum Gasteiger partial charge on any atom is 0.308 e. The summed E-state index contributed by atoms with van der Waals surface area (Å²) in [4.78, 5) is 21.7. The van der Waals surface area contributed by atoms with Crippen molar-refractivity contribution in [3.8, 4) is 34.5 Å². The zero-order valence-electron chi connectivity index (χ0n) is 23.6. The molecular weight excluding hydrogens is 508 g/mol. The van der Waals surface area contributed by atoms with E-state index in [2.05, 4.69) is 26.0 Å². The Bertz CT molecular complexity index is 1370. The SMILES string of the molecule is COc1ccc(C(C)(C)c2ccc(OC(C)=O)cc2)cc1.COc1ccc(Oc2ccc(OC(C)=O)cc2)cc1. The molecule has 4 aromatic rings. The number of methoxy groups -OCH3 is 2. The van der Waals surface area contributed by atoms with Gasteiger partial charge in [-0.3, -0.25) is 9.59 Å². The second kappa shape index (κ2) is 13.8. The lowest BCUT2D eigenvalue weighted by atomic mass is 9.78. The average molecular weight is 543 g/mol. The molecule has 0 N–H and O–H groups in total. The molecule has 0 fully saturated rings. The molecule has 4 rings (SSSR count). The van der Waals surface area contributed by atoms with Crippen molar-refractivity contribution >= 4 is 11.9 Å². The first kappa shape index (κ1) is 29.8. The van der Waals surface area contributed by atoms with Gasteiger partial charge in [0.2, 0.25) is 0 Å². The van der Waals surface area contributed by atoms with E-state index in [1.165, 1.54) is 19.4 Å². The van der Waals surface area contributed by atoms with Crippen LogP contribution in [0.5, 0.6) is 34.5 Å². The monoisotopic (exact) mass is 542 g/mol. The van der Waals surface area contributed by atoms with Crippen LogP contribution in [0.1, 0.15) is 38.8 Å². The predicted molar refractivity (Wildman–Crippen MR) is 154 cm³/mol. The second-order valence-electron chi connectivity index (χ2n) is 9.31. The lowest BCUT2D eigenvalue weighted by Gasteiger charge is -2.26. The molecule has 7 heteroatoms. The van der Waals surface area contributed by atoms with Crippen LogP contribution in [0, 0.1) is 0 Å². The van der Waals surface area contributed by atoms with Gasteiger partial charge in [0.05, 0.1) is 14.2 Å². The van der Waals surface area contributed by atoms with Gasteiger partial charge in [0.15, 0.2) is 0 Å². The van der Waals surface area contributed by atoms with Crippen molar-refractivity contribution in [1.82, 2.24) is 0 Å². The molecule has 40 heavy (non-hydrogen) atoms. The first-order valence-electron chi connectivity index (χ1n) is 12.6. The van der Waals surface area contributed by atoms with Gasteiger partial charge in [-0.15, -0.1) is 0 Å². The van der Waals surface area contributed by atoms with Gasteiger partial charge in [0.25, 0.3) is 0 Å². The largest absolute Gasteiger partial charge is 0.497 e. The fourth-order valence-electron chi connectivity index (χ4n) is 3.80. The molecule has 0 radical (unpaired) electrons. The fraction of sp³-hybridized carbons (Fsp3) is 0.212. The van der Waals surface area contributed by atoms with E-state index >= 15 is 0 Å². The Labute approximate surface area is 235 Å². The summed E-state index contributed by atoms with van der Waals surface area (Å²) in [5.74, 6) is 3.41. The highest BCUT2D eigenvalue weighted by Crippen LogP contribution is 2.33. The zero-order valence-corrected chi connectivity index (χ0v) is 23.6. The molecule has 0 atom stereocenters. The van der Waals surface area contributed by atoms with Gasteiger partial charge < -0.3 is 23.7 Å². The van der Waals surface area contributed by atoms with Crippen molar-refractivity contribution in [3.63, 3.8) is 0 Å². The summed E-state index contributed by atoms with van der Waals surface area (Å²) in [5.41, 5.74) is 2.22. The molecule has 4 aromatic carbocycles. The van der Waals surface area contributed by atoms with Crippen LogP contribution in [-0.2, 0) is 15.0 Å². The molecule has 0 saturated carbocycles. The minimum atomic E-state index is -0.344. The number of carbonyl (C=O) groups is 2. The van der Waals surface area contributed by atoms with Crippen molar-refractivity contribution in [1.29, 1.82) is 0 Å². The quantitative estimate of drug-likeness (QED) is 0.170. The van der Waals surface area contributed by atoms with Crippen molar-refractivity contribution < 1.29 is 33.3 Å². The van der Waals surface area contributed by atoms with E-state index < -0.39 is 0 Å². The number of ether oxygens (including phenoxy) is 5. The molecule has 0 aliphatic rings. The van der Waals surface area contributed by atoms with E-state index in [4.69, 9.17) is 23.7 Å². The molecule has 0 unspecified atom stereocenters. The smallest absolute Gasteiger partial charge is 0.308 e. The van der Waals surface area contributed by atoms with Crippen LogP contribution in [0.25, 0.3) is 0 Å². The first-order chi connectivity index (χ1) is 19.1. The Morgan fingerprint density at radius 2 is 0.750 bits per heavy atom. The van der Waals surface area contributed by atoms with Crippen LogP contribution in [0.2, 0.25) is 0 Å². The molecular formula is C33H34O7. The summed E-state index contributed by atoms with van der Waals surface area (Å²) in [7, 11) is 3.28. The number of hydrogen-bond donors (Lipinski definition) is 0. The number of hydrogen-bond acceptors (Lipinski definition) is 7. The van der Waals surface area contributed by atoms with Crippen LogP contribution in [0.15, 0.2) is 97.1 Å². The second-order valence-corrected chi connectivity index (χ2v) is 9.31. The van der Waals surface area contributed by atoms with Gasteiger partial charge in [-0.2, -0.15) is 0 Å². The summed E-state index contributed by atoms with van der Waals surface area (Å²) in [6.07, 6.45) is 0. The minimum Gasteiger partial charge on any atom is -0.497 e. The topological polar surface area (TPSA) is 80.3 Å². The Balaban J connectivity index is 0.000000222. The highest BCUT2D eigenvalue weighted by Gasteiger charge is 2.23. The van der Waals surface area contributed by atoms with E-state index in [-0.39, 0.29) is 17.4 Å². The van der Waals surface area contributed by atoms with Crippen LogP contribution in [-0.4, -0.2) is 26.2 Å². The van der Waals surface area contributed by atoms with Crippen LogP contribution < -0.4 is 23.7 Å². The zero-order chi connectivity index (χ0) is 29.1. The predicted octanol–water partition coefficient (Wildman–Crippen LogP) is 7.36. The normalized spacial score (nSPS) is 10.4. The van der Waals surface area contributed by atoms with E-state index in [0.717, 1.165) is 17.1 Å². The minimum absolute atomic E-state index is 0.138. The molecule has 0 aromatic heterocycles. The summed E-state index contributed by atoms with van der Waals surface area (Å²) in [5, 5.41) is 0. The molecule has 0 aliphatic heterocycles. The van der Waals surface area contributed by atoms with Crippen molar-refractivity contribution in [3.05, 3.63) is 108 Å². The Kier molecular flexibility index (Phi) is 10.3. The summed E-state index contributed by atoms with van der Waals surface area (Å²) in [6.45, 7) is 7.09. The van der Waals surface area contributed by atoms with E-state index in [0.29, 0.717) is 23.0 Å². The lowest BCUT2D eigenvalue weighted by molar-refractivity contribution is -0.132. The highest BCUT2D eigenvalue weighted by molar-refractivity contribution is 5.69. The first-order valence-corrected chi connectivity index (χ1v) is 12.6. The fourth-order valence-corrected chi connectivity index (χ4v) is 3.80. The molecule has 0 spiro atoms. The van der Waals surface area contributed by atoms with Gasteiger partial charge in [0, 0.05) is 19.3 Å². The molecule has 7 nitrogen and oxygen atoms in total. The Morgan fingerprint density at radius 3 is 1.07 bits per heavy atom. The number of rotatable bonds is 8.